The number of rotatable bonds is 3. The fraction of sp³-hybridized carbons (Fsp3) is 0.250. The summed E-state index contributed by atoms with van der Waals surface area (Å²) in [6.07, 6.45) is 0. The molecule has 0 unspecified atom stereocenters. The Bertz CT molecular complexity index is 829. The van der Waals surface area contributed by atoms with Crippen molar-refractivity contribution >= 4 is 0 Å². The summed E-state index contributed by atoms with van der Waals surface area (Å²) >= 11 is 0. The van der Waals surface area contributed by atoms with Gasteiger partial charge < -0.3 is 14.2 Å². The molecule has 0 saturated carbocycles. The Morgan fingerprint density at radius 3 is 1.65 bits per heavy atom. The van der Waals surface area contributed by atoms with Gasteiger partial charge in [0, 0.05) is 17.7 Å². The Morgan fingerprint density at radius 1 is 0.769 bits per heavy atom. The third kappa shape index (κ3) is 4.64. The van der Waals surface area contributed by atoms with Gasteiger partial charge in [-0.15, -0.1) is 0 Å². The van der Waals surface area contributed by atoms with Gasteiger partial charge in [-0.1, -0.05) is 25.7 Å². The molecule has 2 aromatic rings. The van der Waals surface area contributed by atoms with Crippen molar-refractivity contribution in [2.24, 2.45) is 0 Å². The average molecular weight is 359 g/mol. The van der Waals surface area contributed by atoms with Crippen LogP contribution in [0, 0.1) is 34.8 Å². The first-order chi connectivity index (χ1) is 12.5. The van der Waals surface area contributed by atoms with Crippen molar-refractivity contribution in [3.05, 3.63) is 52.6 Å². The second-order valence-corrected chi connectivity index (χ2v) is 4.58. The van der Waals surface area contributed by atoms with Crippen LogP contribution in [-0.4, -0.2) is 21.3 Å². The van der Waals surface area contributed by atoms with E-state index in [1.165, 1.54) is 27.4 Å². The molecule has 0 bridgehead atoms. The summed E-state index contributed by atoms with van der Waals surface area (Å²) in [5, 5.41) is 8.67. The standard InChI is InChI=1S/C18H13F2NO3.C2H6/c1-22-12-8-17(23-2)13(18(9-12)24-3)5-4-11-6-15(19)14(10-21)16(20)7-11;1-2/h6-9H,1-3H3;1-2H3. The van der Waals surface area contributed by atoms with Gasteiger partial charge >= 0.3 is 0 Å². The molecule has 0 spiro atoms. The molecule has 0 atom stereocenters. The zero-order chi connectivity index (χ0) is 19.7. The van der Waals surface area contributed by atoms with Crippen molar-refractivity contribution in [1.29, 1.82) is 5.26 Å². The molecule has 0 aliphatic rings. The van der Waals surface area contributed by atoms with Crippen LogP contribution in [0.4, 0.5) is 8.78 Å². The predicted octanol–water partition coefficient (Wildman–Crippen LogP) is 4.29. The number of nitriles is 1. The molecule has 0 saturated heterocycles. The Hall–Kier alpha value is -3.25. The summed E-state index contributed by atoms with van der Waals surface area (Å²) in [5.41, 5.74) is -0.143. The summed E-state index contributed by atoms with van der Waals surface area (Å²) in [6, 6.07) is 6.69. The smallest absolute Gasteiger partial charge is 0.145 e. The molecule has 136 valence electrons. The third-order valence-corrected chi connectivity index (χ3v) is 3.20. The number of hydrogen-bond acceptors (Lipinski definition) is 4. The lowest BCUT2D eigenvalue weighted by Gasteiger charge is -2.11. The van der Waals surface area contributed by atoms with E-state index in [-0.39, 0.29) is 5.56 Å². The molecule has 0 N–H and O–H groups in total. The van der Waals surface area contributed by atoms with Crippen LogP contribution in [0.5, 0.6) is 17.2 Å². The fourth-order valence-electron chi connectivity index (χ4n) is 2.02. The van der Waals surface area contributed by atoms with E-state index < -0.39 is 17.2 Å². The molecule has 0 aromatic heterocycles. The SMILES string of the molecule is CC.COc1cc(OC)c(C#Cc2cc(F)c(C#N)c(F)c2)c(OC)c1. The van der Waals surface area contributed by atoms with Crippen molar-refractivity contribution in [3.63, 3.8) is 0 Å². The number of hydrogen-bond donors (Lipinski definition) is 0. The van der Waals surface area contributed by atoms with E-state index in [0.29, 0.717) is 22.8 Å². The first kappa shape index (κ1) is 20.8. The predicted molar refractivity (Wildman–Crippen MR) is 94.5 cm³/mol. The Balaban J connectivity index is 0.00000163. The molecular formula is C20H19F2NO3. The van der Waals surface area contributed by atoms with Crippen LogP contribution in [0.3, 0.4) is 0 Å². The minimum absolute atomic E-state index is 0.0870. The van der Waals surface area contributed by atoms with Crippen LogP contribution in [0.1, 0.15) is 30.5 Å². The molecule has 2 rings (SSSR count). The van der Waals surface area contributed by atoms with E-state index in [1.807, 2.05) is 13.8 Å². The van der Waals surface area contributed by atoms with Crippen LogP contribution < -0.4 is 14.2 Å². The maximum Gasteiger partial charge on any atom is 0.145 e. The van der Waals surface area contributed by atoms with Crippen molar-refractivity contribution in [3.8, 4) is 35.2 Å². The van der Waals surface area contributed by atoms with Gasteiger partial charge in [-0.05, 0) is 12.1 Å². The van der Waals surface area contributed by atoms with Crippen LogP contribution in [0.15, 0.2) is 24.3 Å². The minimum Gasteiger partial charge on any atom is -0.496 e. The van der Waals surface area contributed by atoms with Gasteiger partial charge in [0.25, 0.3) is 0 Å². The first-order valence-electron chi connectivity index (χ1n) is 7.75. The fourth-order valence-corrected chi connectivity index (χ4v) is 2.02. The van der Waals surface area contributed by atoms with Gasteiger partial charge in [0.1, 0.15) is 46.1 Å². The van der Waals surface area contributed by atoms with Gasteiger partial charge in [0.05, 0.1) is 21.3 Å². The molecule has 4 nitrogen and oxygen atoms in total. The molecule has 0 amide bonds. The zero-order valence-corrected chi connectivity index (χ0v) is 15.2. The second-order valence-electron chi connectivity index (χ2n) is 4.58. The number of halogens is 2. The lowest BCUT2D eigenvalue weighted by molar-refractivity contribution is 0.374. The first-order valence-corrected chi connectivity index (χ1v) is 7.75. The van der Waals surface area contributed by atoms with E-state index in [2.05, 4.69) is 11.8 Å². The lowest BCUT2D eigenvalue weighted by atomic mass is 10.1. The largest absolute Gasteiger partial charge is 0.496 e. The maximum absolute atomic E-state index is 13.6. The second kappa shape index (κ2) is 9.90. The number of methoxy groups -OCH3 is 3. The van der Waals surface area contributed by atoms with Gasteiger partial charge in [-0.25, -0.2) is 8.78 Å². The van der Waals surface area contributed by atoms with Crippen molar-refractivity contribution in [2.45, 2.75) is 13.8 Å². The van der Waals surface area contributed by atoms with Gasteiger partial charge in [-0.2, -0.15) is 5.26 Å². The highest BCUT2D eigenvalue weighted by Gasteiger charge is 2.12. The molecule has 26 heavy (non-hydrogen) atoms. The highest BCUT2D eigenvalue weighted by molar-refractivity contribution is 5.60. The van der Waals surface area contributed by atoms with E-state index in [1.54, 1.807) is 12.1 Å². The normalized spacial score (nSPS) is 9.00. The quantitative estimate of drug-likeness (QED) is 0.767. The summed E-state index contributed by atoms with van der Waals surface area (Å²) < 4.78 is 42.9. The minimum atomic E-state index is -0.963. The third-order valence-electron chi connectivity index (χ3n) is 3.20. The molecule has 0 fully saturated rings. The molecule has 0 aliphatic carbocycles. The van der Waals surface area contributed by atoms with Gasteiger partial charge in [0.15, 0.2) is 0 Å². The molecule has 0 radical (unpaired) electrons. The van der Waals surface area contributed by atoms with Crippen molar-refractivity contribution in [1.82, 2.24) is 0 Å². The molecule has 0 aliphatic heterocycles. The average Bonchev–Trinajstić information content (AvgIpc) is 2.67. The number of benzene rings is 2. The zero-order valence-electron chi connectivity index (χ0n) is 15.2. The van der Waals surface area contributed by atoms with E-state index in [9.17, 15) is 8.78 Å². The number of ether oxygens (including phenoxy) is 3. The highest BCUT2D eigenvalue weighted by atomic mass is 19.1. The maximum atomic E-state index is 13.6. The number of nitrogens with zero attached hydrogens (tertiary/aromatic N) is 1. The molecule has 6 heteroatoms. The summed E-state index contributed by atoms with van der Waals surface area (Å²) in [7, 11) is 4.42. The lowest BCUT2D eigenvalue weighted by Crippen LogP contribution is -1.96. The van der Waals surface area contributed by atoms with Crippen LogP contribution >= 0.6 is 0 Å². The van der Waals surface area contributed by atoms with Crippen LogP contribution in [-0.2, 0) is 0 Å². The summed E-state index contributed by atoms with van der Waals surface area (Å²) in [4.78, 5) is 0. The van der Waals surface area contributed by atoms with Crippen molar-refractivity contribution in [2.75, 3.05) is 21.3 Å². The van der Waals surface area contributed by atoms with E-state index in [4.69, 9.17) is 19.5 Å². The highest BCUT2D eigenvalue weighted by Crippen LogP contribution is 2.33. The topological polar surface area (TPSA) is 51.5 Å². The molecule has 2 aromatic carbocycles. The Kier molecular flexibility index (Phi) is 7.92. The monoisotopic (exact) mass is 359 g/mol. The van der Waals surface area contributed by atoms with Crippen molar-refractivity contribution < 1.29 is 23.0 Å². The molecular weight excluding hydrogens is 340 g/mol. The van der Waals surface area contributed by atoms with Gasteiger partial charge in [0.2, 0.25) is 0 Å². The summed E-state index contributed by atoms with van der Waals surface area (Å²) in [5.74, 6) is 4.80. The van der Waals surface area contributed by atoms with Crippen LogP contribution in [0.25, 0.3) is 0 Å². The van der Waals surface area contributed by atoms with E-state index >= 15 is 0 Å². The Labute approximate surface area is 151 Å². The molecule has 0 heterocycles. The van der Waals surface area contributed by atoms with E-state index in [0.717, 1.165) is 12.1 Å². The van der Waals surface area contributed by atoms with Crippen LogP contribution in [0.2, 0.25) is 0 Å². The summed E-state index contributed by atoms with van der Waals surface area (Å²) in [6.45, 7) is 4.00. The van der Waals surface area contributed by atoms with Gasteiger partial charge in [-0.3, -0.25) is 0 Å². The Morgan fingerprint density at radius 2 is 1.27 bits per heavy atom.